The molecule has 0 fully saturated rings. The zero-order valence-corrected chi connectivity index (χ0v) is 10.2. The highest BCUT2D eigenvalue weighted by molar-refractivity contribution is 5.50. The Balaban J connectivity index is 2.75. The van der Waals surface area contributed by atoms with E-state index in [-0.39, 0.29) is 17.3 Å². The van der Waals surface area contributed by atoms with Crippen LogP contribution in [-0.4, -0.2) is 30.2 Å². The van der Waals surface area contributed by atoms with Crippen molar-refractivity contribution in [3.05, 3.63) is 27.9 Å². The number of methoxy groups -OCH3 is 1. The zero-order valence-electron chi connectivity index (χ0n) is 10.2. The fourth-order valence-electron chi connectivity index (χ4n) is 1.40. The molecule has 0 aromatic carbocycles. The van der Waals surface area contributed by atoms with Gasteiger partial charge in [-0.05, 0) is 12.0 Å². The predicted octanol–water partition coefficient (Wildman–Crippen LogP) is 1.56. The third kappa shape index (κ3) is 3.68. The highest BCUT2D eigenvalue weighted by Gasteiger charge is 2.15. The average Bonchev–Trinajstić information content (AvgIpc) is 2.36. The maximum Gasteiger partial charge on any atom is 0.305 e. The van der Waals surface area contributed by atoms with E-state index in [1.165, 1.54) is 12.1 Å². The van der Waals surface area contributed by atoms with Crippen LogP contribution in [0.2, 0.25) is 0 Å². The quantitative estimate of drug-likeness (QED) is 0.607. The maximum absolute atomic E-state index is 10.6. The van der Waals surface area contributed by atoms with Crippen LogP contribution in [-0.2, 0) is 4.74 Å². The third-order valence-corrected chi connectivity index (χ3v) is 2.26. The van der Waals surface area contributed by atoms with Gasteiger partial charge < -0.3 is 10.1 Å². The largest absolute Gasteiger partial charge is 0.384 e. The molecule has 18 heavy (non-hydrogen) atoms. The van der Waals surface area contributed by atoms with Crippen LogP contribution in [0.3, 0.4) is 0 Å². The Morgan fingerprint density at radius 3 is 2.94 bits per heavy atom. The summed E-state index contributed by atoms with van der Waals surface area (Å²) in [7, 11) is 1.62. The molecule has 0 aliphatic carbocycles. The van der Waals surface area contributed by atoms with Gasteiger partial charge in [-0.2, -0.15) is 5.26 Å². The first-order valence-electron chi connectivity index (χ1n) is 5.36. The van der Waals surface area contributed by atoms with E-state index in [1.54, 1.807) is 13.2 Å². The number of nitrogens with one attached hydrogen (secondary N) is 1. The Labute approximate surface area is 105 Å². The number of rotatable bonds is 6. The van der Waals surface area contributed by atoms with Crippen molar-refractivity contribution < 1.29 is 9.66 Å². The molecule has 0 spiro atoms. The molecule has 7 heteroatoms. The van der Waals surface area contributed by atoms with E-state index in [0.717, 1.165) is 0 Å². The summed E-state index contributed by atoms with van der Waals surface area (Å²) in [6, 6.07) is 4.47. The summed E-state index contributed by atoms with van der Waals surface area (Å²) in [5.74, 6) is 0.720. The number of nitro groups is 1. The number of nitriles is 1. The van der Waals surface area contributed by atoms with Crippen LogP contribution in [0.1, 0.15) is 12.6 Å². The topological polar surface area (TPSA) is 101 Å². The molecule has 0 aliphatic rings. The lowest BCUT2D eigenvalue weighted by atomic mass is 10.2. The second kappa shape index (κ2) is 6.51. The average molecular weight is 250 g/mol. The van der Waals surface area contributed by atoms with E-state index >= 15 is 0 Å². The van der Waals surface area contributed by atoms with Gasteiger partial charge in [0.25, 0.3) is 0 Å². The number of hydrogen-bond acceptors (Lipinski definition) is 6. The van der Waals surface area contributed by atoms with Gasteiger partial charge in [0.2, 0.25) is 5.69 Å². The Morgan fingerprint density at radius 1 is 1.67 bits per heavy atom. The fourth-order valence-corrected chi connectivity index (χ4v) is 1.40. The summed E-state index contributed by atoms with van der Waals surface area (Å²) in [5.41, 5.74) is -0.475. The van der Waals surface area contributed by atoms with Crippen LogP contribution in [0, 0.1) is 27.4 Å². The normalized spacial score (nSPS) is 11.6. The molecule has 0 bridgehead atoms. The van der Waals surface area contributed by atoms with Gasteiger partial charge in [0.15, 0.2) is 0 Å². The maximum atomic E-state index is 10.6. The highest BCUT2D eigenvalue weighted by atomic mass is 16.6. The Bertz CT molecular complexity index is 470. The SMILES string of the molecule is COCC(C)CNc1ccc([N+](=O)[O-])c(C#N)n1. The highest BCUT2D eigenvalue weighted by Crippen LogP contribution is 2.18. The Hall–Kier alpha value is -2.20. The smallest absolute Gasteiger partial charge is 0.305 e. The van der Waals surface area contributed by atoms with Crippen LogP contribution < -0.4 is 5.32 Å². The molecule has 96 valence electrons. The molecule has 0 saturated heterocycles. The Kier molecular flexibility index (Phi) is 5.02. The van der Waals surface area contributed by atoms with Crippen molar-refractivity contribution in [2.75, 3.05) is 25.6 Å². The lowest BCUT2D eigenvalue weighted by Gasteiger charge is -2.11. The van der Waals surface area contributed by atoms with E-state index in [2.05, 4.69) is 10.3 Å². The summed E-state index contributed by atoms with van der Waals surface area (Å²) in [6.07, 6.45) is 0. The first-order chi connectivity index (χ1) is 8.58. The van der Waals surface area contributed by atoms with Gasteiger partial charge >= 0.3 is 5.69 Å². The second-order valence-corrected chi connectivity index (χ2v) is 3.87. The minimum atomic E-state index is -0.622. The molecule has 1 aromatic heterocycles. The molecular formula is C11H14N4O3. The van der Waals surface area contributed by atoms with Crippen molar-refractivity contribution in [2.24, 2.45) is 5.92 Å². The van der Waals surface area contributed by atoms with Crippen molar-refractivity contribution in [3.63, 3.8) is 0 Å². The molecule has 0 radical (unpaired) electrons. The summed E-state index contributed by atoms with van der Waals surface area (Å²) < 4.78 is 4.99. The van der Waals surface area contributed by atoms with E-state index in [1.807, 2.05) is 6.92 Å². The number of nitrogens with zero attached hydrogens (tertiary/aromatic N) is 3. The number of hydrogen-bond donors (Lipinski definition) is 1. The molecule has 1 heterocycles. The third-order valence-electron chi connectivity index (χ3n) is 2.26. The molecule has 0 amide bonds. The zero-order chi connectivity index (χ0) is 13.5. The minimum absolute atomic E-state index is 0.190. The number of ether oxygens (including phenoxy) is 1. The van der Waals surface area contributed by atoms with Gasteiger partial charge in [0, 0.05) is 19.7 Å². The van der Waals surface area contributed by atoms with Gasteiger partial charge in [-0.25, -0.2) is 4.98 Å². The summed E-state index contributed by atoms with van der Waals surface area (Å²) in [5, 5.41) is 22.4. The van der Waals surface area contributed by atoms with Crippen LogP contribution >= 0.6 is 0 Å². The van der Waals surface area contributed by atoms with E-state index in [0.29, 0.717) is 19.0 Å². The van der Waals surface area contributed by atoms with Gasteiger partial charge in [0.05, 0.1) is 11.5 Å². The van der Waals surface area contributed by atoms with Crippen LogP contribution in [0.5, 0.6) is 0 Å². The summed E-state index contributed by atoms with van der Waals surface area (Å²) in [6.45, 7) is 3.21. The van der Waals surface area contributed by atoms with Crippen LogP contribution in [0.4, 0.5) is 11.5 Å². The fraction of sp³-hybridized carbons (Fsp3) is 0.455. The molecule has 1 unspecified atom stereocenters. The van der Waals surface area contributed by atoms with Crippen molar-refractivity contribution in [1.82, 2.24) is 4.98 Å². The standard InChI is InChI=1S/C11H14N4O3/c1-8(7-18-2)6-13-11-4-3-10(15(16)17)9(5-12)14-11/h3-4,8H,6-7H2,1-2H3,(H,13,14). The first kappa shape index (κ1) is 13.9. The molecule has 7 nitrogen and oxygen atoms in total. The first-order valence-corrected chi connectivity index (χ1v) is 5.36. The van der Waals surface area contributed by atoms with Crippen molar-refractivity contribution >= 4 is 11.5 Å². The van der Waals surface area contributed by atoms with Crippen molar-refractivity contribution in [2.45, 2.75) is 6.92 Å². The number of anilines is 1. The lowest BCUT2D eigenvalue weighted by Crippen LogP contribution is -2.16. The molecule has 1 aromatic rings. The summed E-state index contributed by atoms with van der Waals surface area (Å²) in [4.78, 5) is 13.9. The number of aromatic nitrogens is 1. The second-order valence-electron chi connectivity index (χ2n) is 3.87. The van der Waals surface area contributed by atoms with Crippen molar-refractivity contribution in [3.8, 4) is 6.07 Å². The lowest BCUT2D eigenvalue weighted by molar-refractivity contribution is -0.385. The van der Waals surface area contributed by atoms with Crippen molar-refractivity contribution in [1.29, 1.82) is 5.26 Å². The predicted molar refractivity (Wildman–Crippen MR) is 65.1 cm³/mol. The van der Waals surface area contributed by atoms with Gasteiger partial charge in [-0.15, -0.1) is 0 Å². The van der Waals surface area contributed by atoms with Gasteiger partial charge in [-0.1, -0.05) is 6.92 Å². The van der Waals surface area contributed by atoms with E-state index in [9.17, 15) is 10.1 Å². The molecule has 0 aliphatic heterocycles. The van der Waals surface area contributed by atoms with Gasteiger partial charge in [-0.3, -0.25) is 10.1 Å². The van der Waals surface area contributed by atoms with E-state index in [4.69, 9.17) is 10.00 Å². The Morgan fingerprint density at radius 2 is 2.39 bits per heavy atom. The van der Waals surface area contributed by atoms with Crippen LogP contribution in [0.15, 0.2) is 12.1 Å². The number of pyridine rings is 1. The minimum Gasteiger partial charge on any atom is -0.384 e. The molecule has 1 N–H and O–H groups in total. The van der Waals surface area contributed by atoms with Gasteiger partial charge in [0.1, 0.15) is 11.9 Å². The van der Waals surface area contributed by atoms with Crippen LogP contribution in [0.25, 0.3) is 0 Å². The molecular weight excluding hydrogens is 236 g/mol. The molecule has 0 saturated carbocycles. The van der Waals surface area contributed by atoms with E-state index < -0.39 is 4.92 Å². The monoisotopic (exact) mass is 250 g/mol. The molecule has 1 atom stereocenters. The summed E-state index contributed by atoms with van der Waals surface area (Å²) >= 11 is 0. The molecule has 1 rings (SSSR count).